The number of fused-ring (bicyclic) bond motifs is 1. The van der Waals surface area contributed by atoms with Crippen LogP contribution in [0.5, 0.6) is 0 Å². The fraction of sp³-hybridized carbons (Fsp3) is 0.222. The molecule has 5 nitrogen and oxygen atoms in total. The third-order valence-electron chi connectivity index (χ3n) is 4.34. The molecule has 0 N–H and O–H groups in total. The Morgan fingerprint density at radius 1 is 1.09 bits per heavy atom. The van der Waals surface area contributed by atoms with Crippen LogP contribution in [0.15, 0.2) is 55.1 Å². The summed E-state index contributed by atoms with van der Waals surface area (Å²) in [5.41, 5.74) is 2.46. The minimum Gasteiger partial charge on any atom is -0.330 e. The van der Waals surface area contributed by atoms with Gasteiger partial charge in [0.05, 0.1) is 17.3 Å². The number of carbonyl (C=O) groups is 1. The monoisotopic (exact) mass is 304 g/mol. The van der Waals surface area contributed by atoms with Gasteiger partial charge >= 0.3 is 0 Å². The molecule has 114 valence electrons. The van der Waals surface area contributed by atoms with Crippen molar-refractivity contribution in [2.75, 3.05) is 6.54 Å². The van der Waals surface area contributed by atoms with Crippen LogP contribution in [0.25, 0.3) is 10.9 Å². The fourth-order valence-electron chi connectivity index (χ4n) is 3.26. The van der Waals surface area contributed by atoms with E-state index in [0.717, 1.165) is 36.0 Å². The van der Waals surface area contributed by atoms with Gasteiger partial charge in [0.25, 0.3) is 5.91 Å². The summed E-state index contributed by atoms with van der Waals surface area (Å²) < 4.78 is 0. The van der Waals surface area contributed by atoms with E-state index in [4.69, 9.17) is 0 Å². The minimum atomic E-state index is 0.0254. The maximum absolute atomic E-state index is 13.1. The van der Waals surface area contributed by atoms with Crippen LogP contribution in [0.1, 0.15) is 34.9 Å². The zero-order valence-electron chi connectivity index (χ0n) is 12.6. The predicted molar refractivity (Wildman–Crippen MR) is 86.8 cm³/mol. The number of hydrogen-bond acceptors (Lipinski definition) is 4. The number of hydrogen-bond donors (Lipinski definition) is 0. The van der Waals surface area contributed by atoms with Crippen LogP contribution in [-0.4, -0.2) is 32.3 Å². The molecule has 0 spiro atoms. The Morgan fingerprint density at radius 3 is 2.91 bits per heavy atom. The van der Waals surface area contributed by atoms with Gasteiger partial charge in [0, 0.05) is 29.9 Å². The van der Waals surface area contributed by atoms with E-state index in [9.17, 15) is 4.79 Å². The number of amides is 1. The molecule has 0 bridgehead atoms. The number of rotatable bonds is 2. The van der Waals surface area contributed by atoms with E-state index in [2.05, 4.69) is 15.0 Å². The molecule has 5 heteroatoms. The van der Waals surface area contributed by atoms with Crippen molar-refractivity contribution in [2.45, 2.75) is 18.9 Å². The van der Waals surface area contributed by atoms with Crippen molar-refractivity contribution in [1.82, 2.24) is 19.9 Å². The first kappa shape index (κ1) is 13.8. The molecule has 0 radical (unpaired) electrons. The van der Waals surface area contributed by atoms with Crippen molar-refractivity contribution < 1.29 is 4.79 Å². The molecular weight excluding hydrogens is 288 g/mol. The average Bonchev–Trinajstić information content (AvgIpc) is 3.11. The standard InChI is InChI=1S/C18H16N4O/c23-18(14-4-1-6-15-13(14)5-2-9-20-15)22-11-3-7-17(22)16-8-10-19-12-21-16/h1-2,4-6,8-10,12,17H,3,7,11H2/t17-/m1/s1. The summed E-state index contributed by atoms with van der Waals surface area (Å²) in [6.45, 7) is 0.754. The quantitative estimate of drug-likeness (QED) is 0.730. The van der Waals surface area contributed by atoms with E-state index >= 15 is 0 Å². The van der Waals surface area contributed by atoms with E-state index in [1.54, 1.807) is 12.4 Å². The largest absolute Gasteiger partial charge is 0.330 e. The SMILES string of the molecule is O=C(c1cccc2ncccc12)N1CCC[C@@H]1c1ccncn1. The molecule has 3 aromatic rings. The van der Waals surface area contributed by atoms with Gasteiger partial charge in [-0.05, 0) is 37.1 Å². The Labute approximate surface area is 134 Å². The second kappa shape index (κ2) is 5.76. The van der Waals surface area contributed by atoms with Gasteiger partial charge in [-0.15, -0.1) is 0 Å². The molecule has 1 aliphatic rings. The van der Waals surface area contributed by atoms with Gasteiger partial charge in [-0.2, -0.15) is 0 Å². The minimum absolute atomic E-state index is 0.0254. The number of pyridine rings is 1. The van der Waals surface area contributed by atoms with Crippen molar-refractivity contribution >= 4 is 16.8 Å². The lowest BCUT2D eigenvalue weighted by atomic mass is 10.1. The van der Waals surface area contributed by atoms with E-state index in [1.807, 2.05) is 41.3 Å². The number of benzene rings is 1. The molecule has 1 aliphatic heterocycles. The second-order valence-electron chi connectivity index (χ2n) is 5.67. The summed E-state index contributed by atoms with van der Waals surface area (Å²) in [6, 6.07) is 11.4. The molecule has 1 saturated heterocycles. The summed E-state index contributed by atoms with van der Waals surface area (Å²) in [5, 5.41) is 0.897. The van der Waals surface area contributed by atoms with Gasteiger partial charge in [-0.3, -0.25) is 9.78 Å². The van der Waals surface area contributed by atoms with Crippen LogP contribution in [0, 0.1) is 0 Å². The van der Waals surface area contributed by atoms with E-state index < -0.39 is 0 Å². The highest BCUT2D eigenvalue weighted by Gasteiger charge is 2.32. The fourth-order valence-corrected chi connectivity index (χ4v) is 3.26. The van der Waals surface area contributed by atoms with Crippen molar-refractivity contribution in [3.63, 3.8) is 0 Å². The highest BCUT2D eigenvalue weighted by molar-refractivity contribution is 6.06. The predicted octanol–water partition coefficient (Wildman–Crippen LogP) is 3.00. The van der Waals surface area contributed by atoms with Crippen molar-refractivity contribution in [2.24, 2.45) is 0 Å². The lowest BCUT2D eigenvalue weighted by molar-refractivity contribution is 0.0735. The van der Waals surface area contributed by atoms with Gasteiger partial charge in [-0.25, -0.2) is 9.97 Å². The van der Waals surface area contributed by atoms with Crippen molar-refractivity contribution in [3.05, 3.63) is 66.4 Å². The van der Waals surface area contributed by atoms with Crippen LogP contribution in [-0.2, 0) is 0 Å². The van der Waals surface area contributed by atoms with Crippen LogP contribution < -0.4 is 0 Å². The van der Waals surface area contributed by atoms with Gasteiger partial charge in [0.2, 0.25) is 0 Å². The van der Waals surface area contributed by atoms with Gasteiger partial charge in [0.1, 0.15) is 6.33 Å². The molecule has 0 aliphatic carbocycles. The maximum Gasteiger partial charge on any atom is 0.255 e. The number of likely N-dealkylation sites (tertiary alicyclic amines) is 1. The summed E-state index contributed by atoms with van der Waals surface area (Å²) in [5.74, 6) is 0.0460. The Kier molecular flexibility index (Phi) is 3.46. The highest BCUT2D eigenvalue weighted by atomic mass is 16.2. The molecular formula is C18H16N4O. The van der Waals surface area contributed by atoms with Gasteiger partial charge in [-0.1, -0.05) is 12.1 Å². The summed E-state index contributed by atoms with van der Waals surface area (Å²) in [7, 11) is 0. The first-order chi connectivity index (χ1) is 11.3. The van der Waals surface area contributed by atoms with Crippen molar-refractivity contribution in [3.8, 4) is 0 Å². The summed E-state index contributed by atoms with van der Waals surface area (Å²) >= 11 is 0. The molecule has 0 saturated carbocycles. The van der Waals surface area contributed by atoms with Crippen LogP contribution in [0.4, 0.5) is 0 Å². The molecule has 4 rings (SSSR count). The zero-order chi connectivity index (χ0) is 15.6. The molecule has 0 unspecified atom stereocenters. The number of aromatic nitrogens is 3. The van der Waals surface area contributed by atoms with Crippen LogP contribution >= 0.6 is 0 Å². The smallest absolute Gasteiger partial charge is 0.255 e. The Hall–Kier alpha value is -2.82. The van der Waals surface area contributed by atoms with Gasteiger partial charge < -0.3 is 4.90 Å². The van der Waals surface area contributed by atoms with Crippen LogP contribution in [0.2, 0.25) is 0 Å². The first-order valence-electron chi connectivity index (χ1n) is 7.75. The number of carbonyl (C=O) groups excluding carboxylic acids is 1. The zero-order valence-corrected chi connectivity index (χ0v) is 12.6. The molecule has 3 heterocycles. The maximum atomic E-state index is 13.1. The third-order valence-corrected chi connectivity index (χ3v) is 4.34. The lowest BCUT2D eigenvalue weighted by Gasteiger charge is -2.24. The highest BCUT2D eigenvalue weighted by Crippen LogP contribution is 2.32. The molecule has 1 atom stereocenters. The van der Waals surface area contributed by atoms with E-state index in [-0.39, 0.29) is 11.9 Å². The lowest BCUT2D eigenvalue weighted by Crippen LogP contribution is -2.31. The Balaban J connectivity index is 1.73. The van der Waals surface area contributed by atoms with E-state index in [0.29, 0.717) is 5.56 Å². The van der Waals surface area contributed by atoms with Crippen LogP contribution in [0.3, 0.4) is 0 Å². The van der Waals surface area contributed by atoms with Gasteiger partial charge in [0.15, 0.2) is 0 Å². The average molecular weight is 304 g/mol. The van der Waals surface area contributed by atoms with Crippen molar-refractivity contribution in [1.29, 1.82) is 0 Å². The summed E-state index contributed by atoms with van der Waals surface area (Å²) in [4.78, 5) is 27.7. The second-order valence-corrected chi connectivity index (χ2v) is 5.67. The molecule has 2 aromatic heterocycles. The van der Waals surface area contributed by atoms with E-state index in [1.165, 1.54) is 6.33 Å². The number of nitrogens with zero attached hydrogens (tertiary/aromatic N) is 4. The Morgan fingerprint density at radius 2 is 2.04 bits per heavy atom. The molecule has 23 heavy (non-hydrogen) atoms. The normalized spacial score (nSPS) is 17.6. The molecule has 1 amide bonds. The topological polar surface area (TPSA) is 59.0 Å². The molecule has 1 fully saturated rings. The first-order valence-corrected chi connectivity index (χ1v) is 7.75. The Bertz CT molecular complexity index is 845. The summed E-state index contributed by atoms with van der Waals surface area (Å²) in [6.07, 6.45) is 6.94. The molecule has 1 aromatic carbocycles. The third kappa shape index (κ3) is 2.44.